The van der Waals surface area contributed by atoms with Crippen molar-refractivity contribution in [2.24, 2.45) is 5.41 Å². The molecule has 1 aromatic rings. The number of halogens is 1. The summed E-state index contributed by atoms with van der Waals surface area (Å²) < 4.78 is 6.22. The Bertz CT molecular complexity index is 424. The summed E-state index contributed by atoms with van der Waals surface area (Å²) in [6.07, 6.45) is 0. The Morgan fingerprint density at radius 3 is 2.41 bits per heavy atom. The van der Waals surface area contributed by atoms with Gasteiger partial charge in [-0.05, 0) is 34.7 Å². The molecule has 1 amide bonds. The lowest BCUT2D eigenvalue weighted by Crippen LogP contribution is -2.37. The summed E-state index contributed by atoms with van der Waals surface area (Å²) in [5, 5.41) is 0. The highest BCUT2D eigenvalue weighted by Crippen LogP contribution is 2.29. The van der Waals surface area contributed by atoms with Gasteiger partial charge in [0.1, 0.15) is 5.75 Å². The molecule has 0 aliphatic rings. The lowest BCUT2D eigenvalue weighted by atomic mass is 9.95. The van der Waals surface area contributed by atoms with Gasteiger partial charge in [0.15, 0.2) is 0 Å². The van der Waals surface area contributed by atoms with Crippen molar-refractivity contribution in [1.82, 2.24) is 0 Å². The summed E-state index contributed by atoms with van der Waals surface area (Å²) >= 11 is 2.22. The number of hydrogen-bond acceptors (Lipinski definition) is 2. The number of hydrogen-bond donors (Lipinski definition) is 0. The topological polar surface area (TPSA) is 29.5 Å². The Balaban J connectivity index is 3.11. The molecule has 0 heterocycles. The summed E-state index contributed by atoms with van der Waals surface area (Å²) in [5.41, 5.74) is 0.492. The van der Waals surface area contributed by atoms with Crippen molar-refractivity contribution in [1.29, 1.82) is 0 Å². The lowest BCUT2D eigenvalue weighted by molar-refractivity contribution is -0.125. The summed E-state index contributed by atoms with van der Waals surface area (Å²) in [6, 6.07) is 5.72. The van der Waals surface area contributed by atoms with Gasteiger partial charge in [-0.2, -0.15) is 0 Å². The predicted octanol–water partition coefficient (Wildman–Crippen LogP) is 3.31. The van der Waals surface area contributed by atoms with Crippen LogP contribution < -0.4 is 9.64 Å². The maximum Gasteiger partial charge on any atom is 0.232 e. The summed E-state index contributed by atoms with van der Waals surface area (Å²) in [6.45, 7) is 5.75. The van der Waals surface area contributed by atoms with Gasteiger partial charge in [-0.1, -0.05) is 20.8 Å². The van der Waals surface area contributed by atoms with Crippen LogP contribution in [0.1, 0.15) is 20.8 Å². The highest BCUT2D eigenvalue weighted by molar-refractivity contribution is 14.1. The zero-order chi connectivity index (χ0) is 13.2. The minimum Gasteiger partial charge on any atom is -0.497 e. The zero-order valence-electron chi connectivity index (χ0n) is 10.9. The van der Waals surface area contributed by atoms with E-state index >= 15 is 0 Å². The van der Waals surface area contributed by atoms with Crippen LogP contribution in [0.4, 0.5) is 5.69 Å². The number of carbonyl (C=O) groups excluding carboxylic acids is 1. The number of rotatable bonds is 2. The number of amides is 1. The van der Waals surface area contributed by atoms with Gasteiger partial charge in [0.05, 0.1) is 12.8 Å². The smallest absolute Gasteiger partial charge is 0.232 e. The van der Waals surface area contributed by atoms with Crippen molar-refractivity contribution >= 4 is 34.2 Å². The Morgan fingerprint density at radius 1 is 1.35 bits per heavy atom. The lowest BCUT2D eigenvalue weighted by Gasteiger charge is -2.27. The minimum atomic E-state index is -0.388. The molecule has 0 saturated carbocycles. The molecule has 3 nitrogen and oxygen atoms in total. The number of ether oxygens (including phenoxy) is 1. The van der Waals surface area contributed by atoms with Crippen molar-refractivity contribution in [2.75, 3.05) is 19.1 Å². The Hall–Kier alpha value is -0.780. The van der Waals surface area contributed by atoms with Crippen molar-refractivity contribution in [2.45, 2.75) is 20.8 Å². The van der Waals surface area contributed by atoms with Crippen LogP contribution in [0.5, 0.6) is 5.75 Å². The van der Waals surface area contributed by atoms with E-state index in [1.54, 1.807) is 19.1 Å². The molecular formula is C13H18INO2. The first-order chi connectivity index (χ1) is 7.77. The normalized spacial score (nSPS) is 11.2. The second-order valence-corrected chi connectivity index (χ2v) is 6.09. The number of carbonyl (C=O) groups is 1. The third-order valence-corrected chi connectivity index (χ3v) is 3.37. The third-order valence-electron chi connectivity index (χ3n) is 2.46. The number of nitrogens with zero attached hydrogens (tertiary/aromatic N) is 1. The molecule has 0 aliphatic carbocycles. The highest BCUT2D eigenvalue weighted by Gasteiger charge is 2.26. The van der Waals surface area contributed by atoms with Crippen LogP contribution in [0.25, 0.3) is 0 Å². The SMILES string of the molecule is COc1ccc(I)c(N(C)C(=O)C(C)(C)C)c1. The summed E-state index contributed by atoms with van der Waals surface area (Å²) in [4.78, 5) is 13.9. The van der Waals surface area contributed by atoms with Crippen molar-refractivity contribution < 1.29 is 9.53 Å². The van der Waals surface area contributed by atoms with E-state index in [-0.39, 0.29) is 11.3 Å². The van der Waals surface area contributed by atoms with Gasteiger partial charge in [0.2, 0.25) is 5.91 Å². The van der Waals surface area contributed by atoms with E-state index in [1.165, 1.54) is 0 Å². The average Bonchev–Trinajstić information content (AvgIpc) is 2.26. The Morgan fingerprint density at radius 2 is 1.94 bits per heavy atom. The van der Waals surface area contributed by atoms with Crippen molar-refractivity contribution in [3.63, 3.8) is 0 Å². The van der Waals surface area contributed by atoms with E-state index in [0.717, 1.165) is 15.0 Å². The van der Waals surface area contributed by atoms with Crippen LogP contribution in [-0.2, 0) is 4.79 Å². The van der Waals surface area contributed by atoms with E-state index in [1.807, 2.05) is 39.0 Å². The molecule has 94 valence electrons. The first kappa shape index (κ1) is 14.3. The van der Waals surface area contributed by atoms with Crippen LogP contribution in [0.3, 0.4) is 0 Å². The van der Waals surface area contributed by atoms with Gasteiger partial charge in [-0.15, -0.1) is 0 Å². The molecule has 0 unspecified atom stereocenters. The fourth-order valence-corrected chi connectivity index (χ4v) is 2.19. The Labute approximate surface area is 116 Å². The maximum absolute atomic E-state index is 12.2. The molecule has 0 atom stereocenters. The van der Waals surface area contributed by atoms with E-state index < -0.39 is 0 Å². The standard InChI is InChI=1S/C13H18INO2/c1-13(2,3)12(16)15(4)11-8-9(17-5)6-7-10(11)14/h6-8H,1-5H3. The largest absolute Gasteiger partial charge is 0.497 e. The quantitative estimate of drug-likeness (QED) is 0.769. The first-order valence-corrected chi connectivity index (χ1v) is 6.47. The predicted molar refractivity (Wildman–Crippen MR) is 78.6 cm³/mol. The molecule has 4 heteroatoms. The van der Waals surface area contributed by atoms with Crippen LogP contribution in [0.15, 0.2) is 18.2 Å². The van der Waals surface area contributed by atoms with Gasteiger partial charge in [-0.3, -0.25) is 4.79 Å². The molecule has 0 aromatic heterocycles. The molecule has 0 fully saturated rings. The molecular weight excluding hydrogens is 329 g/mol. The molecule has 0 saturated heterocycles. The average molecular weight is 347 g/mol. The van der Waals surface area contributed by atoms with Gasteiger partial charge < -0.3 is 9.64 Å². The number of methoxy groups -OCH3 is 1. The van der Waals surface area contributed by atoms with Gasteiger partial charge in [0, 0.05) is 22.1 Å². The second-order valence-electron chi connectivity index (χ2n) is 4.93. The molecule has 1 aromatic carbocycles. The fourth-order valence-electron chi connectivity index (χ4n) is 1.49. The number of benzene rings is 1. The molecule has 1 rings (SSSR count). The monoisotopic (exact) mass is 347 g/mol. The first-order valence-electron chi connectivity index (χ1n) is 5.39. The van der Waals surface area contributed by atoms with Crippen LogP contribution in [0, 0.1) is 8.99 Å². The van der Waals surface area contributed by atoms with Gasteiger partial charge in [0.25, 0.3) is 0 Å². The van der Waals surface area contributed by atoms with Crippen LogP contribution >= 0.6 is 22.6 Å². The second kappa shape index (κ2) is 5.25. The number of anilines is 1. The molecule has 0 N–H and O–H groups in total. The van der Waals surface area contributed by atoms with E-state index in [4.69, 9.17) is 4.74 Å². The van der Waals surface area contributed by atoms with Gasteiger partial charge in [-0.25, -0.2) is 0 Å². The van der Waals surface area contributed by atoms with E-state index in [0.29, 0.717) is 0 Å². The zero-order valence-corrected chi connectivity index (χ0v) is 13.0. The highest BCUT2D eigenvalue weighted by atomic mass is 127. The van der Waals surface area contributed by atoms with Gasteiger partial charge >= 0.3 is 0 Å². The van der Waals surface area contributed by atoms with Crippen LogP contribution in [-0.4, -0.2) is 20.1 Å². The molecule has 0 radical (unpaired) electrons. The molecule has 0 aliphatic heterocycles. The summed E-state index contributed by atoms with van der Waals surface area (Å²) in [5.74, 6) is 0.845. The van der Waals surface area contributed by atoms with Crippen molar-refractivity contribution in [3.05, 3.63) is 21.8 Å². The maximum atomic E-state index is 12.2. The minimum absolute atomic E-state index is 0.0867. The van der Waals surface area contributed by atoms with Crippen LogP contribution in [0.2, 0.25) is 0 Å². The van der Waals surface area contributed by atoms with Crippen molar-refractivity contribution in [3.8, 4) is 5.75 Å². The third kappa shape index (κ3) is 3.34. The molecule has 17 heavy (non-hydrogen) atoms. The van der Waals surface area contributed by atoms with E-state index in [9.17, 15) is 4.79 Å². The summed E-state index contributed by atoms with van der Waals surface area (Å²) in [7, 11) is 3.42. The fraction of sp³-hybridized carbons (Fsp3) is 0.462. The Kier molecular flexibility index (Phi) is 4.41. The molecule has 0 bridgehead atoms. The molecule has 0 spiro atoms. The van der Waals surface area contributed by atoms with E-state index in [2.05, 4.69) is 22.6 Å².